The van der Waals surface area contributed by atoms with Crippen LogP contribution in [0.15, 0.2) is 48.5 Å². The number of benzene rings is 2. The number of hydrogen-bond acceptors (Lipinski definition) is 4. The first kappa shape index (κ1) is 18.3. The standard InChI is InChI=1S/C21H25NO4S/c1-25-18-8-4-16(5-9-18)20-12-13-21(20,15-22(14-20)27(3,23)24)17-6-10-19(26-2)11-7-17/h4-11H,12-15H2,1-3H3. The predicted molar refractivity (Wildman–Crippen MR) is 105 cm³/mol. The summed E-state index contributed by atoms with van der Waals surface area (Å²) in [6.07, 6.45) is 3.25. The summed E-state index contributed by atoms with van der Waals surface area (Å²) in [5.74, 6) is 1.62. The molecule has 1 saturated heterocycles. The third kappa shape index (κ3) is 2.65. The summed E-state index contributed by atoms with van der Waals surface area (Å²) >= 11 is 0. The number of hydrogen-bond donors (Lipinski definition) is 0. The summed E-state index contributed by atoms with van der Waals surface area (Å²) in [4.78, 5) is 0. The van der Waals surface area contributed by atoms with Crippen LogP contribution in [0.25, 0.3) is 0 Å². The number of nitrogens with zero attached hydrogens (tertiary/aromatic N) is 1. The Balaban J connectivity index is 1.83. The third-order valence-corrected chi connectivity index (χ3v) is 7.74. The van der Waals surface area contributed by atoms with E-state index in [2.05, 4.69) is 24.3 Å². The summed E-state index contributed by atoms with van der Waals surface area (Å²) in [5.41, 5.74) is 1.93. The van der Waals surface area contributed by atoms with Crippen LogP contribution in [-0.4, -0.2) is 46.3 Å². The second-order valence-corrected chi connectivity index (χ2v) is 9.63. The van der Waals surface area contributed by atoms with Crippen LogP contribution < -0.4 is 9.47 Å². The number of methoxy groups -OCH3 is 2. The lowest BCUT2D eigenvalue weighted by Crippen LogP contribution is -2.57. The molecular weight excluding hydrogens is 362 g/mol. The Kier molecular flexibility index (Phi) is 4.24. The molecule has 2 aromatic rings. The zero-order valence-electron chi connectivity index (χ0n) is 15.9. The molecule has 2 aromatic carbocycles. The molecule has 1 heterocycles. The van der Waals surface area contributed by atoms with Gasteiger partial charge in [-0.15, -0.1) is 0 Å². The second kappa shape index (κ2) is 6.24. The van der Waals surface area contributed by atoms with Crippen LogP contribution in [0.5, 0.6) is 11.5 Å². The Morgan fingerprint density at radius 3 is 1.41 bits per heavy atom. The average Bonchev–Trinajstić information content (AvgIpc) is 2.90. The highest BCUT2D eigenvalue weighted by Crippen LogP contribution is 2.63. The number of rotatable bonds is 5. The predicted octanol–water partition coefficient (Wildman–Crippen LogP) is 2.95. The Bertz CT molecular complexity index is 876. The van der Waals surface area contributed by atoms with E-state index in [0.717, 1.165) is 24.3 Å². The van der Waals surface area contributed by atoms with Gasteiger partial charge in [0.1, 0.15) is 11.5 Å². The van der Waals surface area contributed by atoms with Gasteiger partial charge >= 0.3 is 0 Å². The van der Waals surface area contributed by atoms with E-state index in [4.69, 9.17) is 9.47 Å². The molecule has 0 radical (unpaired) electrons. The minimum atomic E-state index is -3.26. The van der Waals surface area contributed by atoms with E-state index in [9.17, 15) is 8.42 Å². The number of ether oxygens (including phenoxy) is 2. The van der Waals surface area contributed by atoms with Crippen molar-refractivity contribution in [3.05, 3.63) is 59.7 Å². The molecular formula is C21H25NO4S. The zero-order valence-corrected chi connectivity index (χ0v) is 16.8. The van der Waals surface area contributed by atoms with Crippen molar-refractivity contribution < 1.29 is 17.9 Å². The molecule has 2 unspecified atom stereocenters. The van der Waals surface area contributed by atoms with Gasteiger partial charge in [0.05, 0.1) is 20.5 Å². The van der Waals surface area contributed by atoms with Gasteiger partial charge < -0.3 is 9.47 Å². The van der Waals surface area contributed by atoms with Crippen molar-refractivity contribution >= 4 is 10.0 Å². The lowest BCUT2D eigenvalue weighted by Gasteiger charge is -2.55. The van der Waals surface area contributed by atoms with Crippen molar-refractivity contribution in [3.8, 4) is 11.5 Å². The molecule has 0 spiro atoms. The summed E-state index contributed by atoms with van der Waals surface area (Å²) in [6, 6.07) is 16.2. The highest BCUT2D eigenvalue weighted by molar-refractivity contribution is 7.88. The van der Waals surface area contributed by atoms with Gasteiger partial charge in [0.2, 0.25) is 10.0 Å². The van der Waals surface area contributed by atoms with Crippen molar-refractivity contribution in [1.29, 1.82) is 0 Å². The van der Waals surface area contributed by atoms with Crippen molar-refractivity contribution in [1.82, 2.24) is 4.31 Å². The molecule has 1 saturated carbocycles. The summed E-state index contributed by atoms with van der Waals surface area (Å²) in [7, 11) is 0.0417. The smallest absolute Gasteiger partial charge is 0.211 e. The van der Waals surface area contributed by atoms with Crippen molar-refractivity contribution in [2.24, 2.45) is 0 Å². The first-order valence-electron chi connectivity index (χ1n) is 9.09. The van der Waals surface area contributed by atoms with Gasteiger partial charge in [-0.05, 0) is 48.2 Å². The summed E-state index contributed by atoms with van der Waals surface area (Å²) in [6.45, 7) is 1.04. The fraction of sp³-hybridized carbons (Fsp3) is 0.429. The molecule has 0 aromatic heterocycles. The van der Waals surface area contributed by atoms with Crippen LogP contribution in [0.1, 0.15) is 24.0 Å². The highest BCUT2D eigenvalue weighted by Gasteiger charge is 2.66. The number of sulfonamides is 1. The van der Waals surface area contributed by atoms with Gasteiger partial charge in [-0.25, -0.2) is 12.7 Å². The topological polar surface area (TPSA) is 55.8 Å². The molecule has 0 bridgehead atoms. The second-order valence-electron chi connectivity index (χ2n) is 7.65. The highest BCUT2D eigenvalue weighted by atomic mass is 32.2. The largest absolute Gasteiger partial charge is 0.497 e. The van der Waals surface area contributed by atoms with E-state index in [0.29, 0.717) is 13.1 Å². The van der Waals surface area contributed by atoms with Gasteiger partial charge in [0.15, 0.2) is 0 Å². The maximum atomic E-state index is 12.4. The van der Waals surface area contributed by atoms with Gasteiger partial charge in [0, 0.05) is 23.9 Å². The van der Waals surface area contributed by atoms with Crippen LogP contribution in [0.3, 0.4) is 0 Å². The van der Waals surface area contributed by atoms with E-state index < -0.39 is 10.0 Å². The summed E-state index contributed by atoms with van der Waals surface area (Å²) < 4.78 is 37.0. The van der Waals surface area contributed by atoms with Crippen LogP contribution in [0.4, 0.5) is 0 Å². The molecule has 1 aliphatic heterocycles. The SMILES string of the molecule is COc1ccc(C23CCC2(c2ccc(OC)cc2)CN(S(C)(=O)=O)C3)cc1. The maximum absolute atomic E-state index is 12.4. The number of fused-ring (bicyclic) bond motifs is 1. The third-order valence-electron chi connectivity index (χ3n) is 6.54. The van der Waals surface area contributed by atoms with Crippen LogP contribution >= 0.6 is 0 Å². The van der Waals surface area contributed by atoms with Gasteiger partial charge in [-0.2, -0.15) is 0 Å². The molecule has 4 rings (SSSR count). The summed E-state index contributed by atoms with van der Waals surface area (Å²) in [5, 5.41) is 0. The lowest BCUT2D eigenvalue weighted by molar-refractivity contribution is 0.129. The Hall–Kier alpha value is -2.05. The fourth-order valence-electron chi connectivity index (χ4n) is 4.93. The van der Waals surface area contributed by atoms with E-state index >= 15 is 0 Å². The van der Waals surface area contributed by atoms with Gasteiger partial charge in [-0.3, -0.25) is 0 Å². The first-order valence-corrected chi connectivity index (χ1v) is 10.9. The van der Waals surface area contributed by atoms with Gasteiger partial charge in [0.25, 0.3) is 0 Å². The average molecular weight is 388 g/mol. The quantitative estimate of drug-likeness (QED) is 0.792. The van der Waals surface area contributed by atoms with Crippen molar-refractivity contribution in [2.75, 3.05) is 33.6 Å². The van der Waals surface area contributed by atoms with Crippen LogP contribution in [0, 0.1) is 0 Å². The minimum absolute atomic E-state index is 0.211. The molecule has 144 valence electrons. The van der Waals surface area contributed by atoms with E-state index in [-0.39, 0.29) is 10.8 Å². The Labute approximate surface area is 161 Å². The molecule has 2 aliphatic rings. The first-order chi connectivity index (χ1) is 12.8. The monoisotopic (exact) mass is 387 g/mol. The molecule has 2 fully saturated rings. The molecule has 1 aliphatic carbocycles. The Morgan fingerprint density at radius 1 is 0.778 bits per heavy atom. The van der Waals surface area contributed by atoms with Crippen molar-refractivity contribution in [3.63, 3.8) is 0 Å². The lowest BCUT2D eigenvalue weighted by atomic mass is 9.46. The minimum Gasteiger partial charge on any atom is -0.497 e. The van der Waals surface area contributed by atoms with Crippen LogP contribution in [0.2, 0.25) is 0 Å². The van der Waals surface area contributed by atoms with Crippen LogP contribution in [-0.2, 0) is 20.9 Å². The molecule has 5 nitrogen and oxygen atoms in total. The van der Waals surface area contributed by atoms with E-state index in [1.807, 2.05) is 24.3 Å². The zero-order chi connectivity index (χ0) is 19.3. The molecule has 0 N–H and O–H groups in total. The Morgan fingerprint density at radius 2 is 1.15 bits per heavy atom. The van der Waals surface area contributed by atoms with Crippen molar-refractivity contribution in [2.45, 2.75) is 23.7 Å². The normalized spacial score (nSPS) is 27.7. The van der Waals surface area contributed by atoms with E-state index in [1.165, 1.54) is 17.4 Å². The molecule has 27 heavy (non-hydrogen) atoms. The fourth-order valence-corrected chi connectivity index (χ4v) is 5.84. The molecule has 2 atom stereocenters. The molecule has 0 amide bonds. The van der Waals surface area contributed by atoms with Gasteiger partial charge in [-0.1, -0.05) is 24.3 Å². The van der Waals surface area contributed by atoms with E-state index in [1.54, 1.807) is 18.5 Å². The molecule has 6 heteroatoms. The maximum Gasteiger partial charge on any atom is 0.211 e.